The van der Waals surface area contributed by atoms with Crippen LogP contribution in [0.5, 0.6) is 5.75 Å². The summed E-state index contributed by atoms with van der Waals surface area (Å²) in [6.45, 7) is 0.736. The zero-order chi connectivity index (χ0) is 22.0. The number of sulfonamides is 1. The number of methoxy groups -OCH3 is 1. The molecular weight excluding hydrogens is 414 g/mol. The molecule has 0 unspecified atom stereocenters. The van der Waals surface area contributed by atoms with Crippen molar-refractivity contribution in [2.45, 2.75) is 17.9 Å². The maximum atomic E-state index is 13.4. The van der Waals surface area contributed by atoms with E-state index < -0.39 is 10.0 Å². The second-order valence-electron chi connectivity index (χ2n) is 7.33. The average Bonchev–Trinajstić information content (AvgIpc) is 3.24. The van der Waals surface area contributed by atoms with Crippen LogP contribution in [0.2, 0.25) is 0 Å². The van der Waals surface area contributed by atoms with E-state index in [1.54, 1.807) is 25.5 Å². The van der Waals surface area contributed by atoms with Crippen LogP contribution >= 0.6 is 0 Å². The highest BCUT2D eigenvalue weighted by Crippen LogP contribution is 2.34. The number of rotatable bonds is 6. The fourth-order valence-electron chi connectivity index (χ4n) is 3.74. The van der Waals surface area contributed by atoms with E-state index in [1.165, 1.54) is 34.5 Å². The molecule has 0 aliphatic carbocycles. The smallest absolute Gasteiger partial charge is 0.264 e. The molecule has 8 heteroatoms. The molecule has 1 aromatic heterocycles. The second kappa shape index (κ2) is 8.39. The van der Waals surface area contributed by atoms with Crippen molar-refractivity contribution in [3.63, 3.8) is 0 Å². The van der Waals surface area contributed by atoms with E-state index in [0.29, 0.717) is 30.9 Å². The molecule has 160 valence electrons. The summed E-state index contributed by atoms with van der Waals surface area (Å²) in [5.74, 6) is -0.000107. The Kier molecular flexibility index (Phi) is 5.65. The van der Waals surface area contributed by atoms with Gasteiger partial charge in [0.1, 0.15) is 5.75 Å². The van der Waals surface area contributed by atoms with E-state index in [4.69, 9.17) is 4.74 Å². The van der Waals surface area contributed by atoms with Crippen molar-refractivity contribution in [2.24, 2.45) is 0 Å². The first-order valence-corrected chi connectivity index (χ1v) is 11.3. The zero-order valence-electron chi connectivity index (χ0n) is 17.4. The predicted molar refractivity (Wildman–Crippen MR) is 118 cm³/mol. The summed E-state index contributed by atoms with van der Waals surface area (Å²) in [5.41, 5.74) is 2.80. The first kappa shape index (κ1) is 20.9. The lowest BCUT2D eigenvalue weighted by Crippen LogP contribution is -2.30. The van der Waals surface area contributed by atoms with E-state index in [1.807, 2.05) is 30.3 Å². The van der Waals surface area contributed by atoms with Crippen LogP contribution in [0.3, 0.4) is 0 Å². The van der Waals surface area contributed by atoms with Crippen LogP contribution in [0.1, 0.15) is 21.5 Å². The molecule has 2 aromatic carbocycles. The van der Waals surface area contributed by atoms with Gasteiger partial charge in [-0.1, -0.05) is 18.2 Å². The molecule has 0 atom stereocenters. The van der Waals surface area contributed by atoms with Gasteiger partial charge < -0.3 is 9.64 Å². The number of fused-ring (bicyclic) bond motifs is 1. The van der Waals surface area contributed by atoms with E-state index in [0.717, 1.165) is 11.1 Å². The van der Waals surface area contributed by atoms with Crippen molar-refractivity contribution in [1.29, 1.82) is 0 Å². The largest absolute Gasteiger partial charge is 0.496 e. The third kappa shape index (κ3) is 3.98. The van der Waals surface area contributed by atoms with Crippen LogP contribution in [0.25, 0.3) is 0 Å². The van der Waals surface area contributed by atoms with Gasteiger partial charge in [-0.15, -0.1) is 0 Å². The van der Waals surface area contributed by atoms with Crippen LogP contribution in [0.4, 0.5) is 5.69 Å². The Labute approximate surface area is 182 Å². The molecule has 0 fully saturated rings. The Morgan fingerprint density at radius 1 is 1.13 bits per heavy atom. The van der Waals surface area contributed by atoms with E-state index in [9.17, 15) is 13.2 Å². The molecule has 0 spiro atoms. The van der Waals surface area contributed by atoms with Crippen LogP contribution in [-0.4, -0.2) is 44.9 Å². The molecule has 0 saturated heterocycles. The van der Waals surface area contributed by atoms with Crippen LogP contribution < -0.4 is 9.04 Å². The number of hydrogen-bond acceptors (Lipinski definition) is 5. The summed E-state index contributed by atoms with van der Waals surface area (Å²) in [4.78, 5) is 18.7. The molecule has 1 aliphatic rings. The Morgan fingerprint density at radius 2 is 1.87 bits per heavy atom. The van der Waals surface area contributed by atoms with Crippen molar-refractivity contribution in [1.82, 2.24) is 9.88 Å². The first-order valence-electron chi connectivity index (χ1n) is 9.85. The minimum Gasteiger partial charge on any atom is -0.496 e. The zero-order valence-corrected chi connectivity index (χ0v) is 18.2. The van der Waals surface area contributed by atoms with Gasteiger partial charge in [0.15, 0.2) is 0 Å². The normalized spacial score (nSPS) is 13.0. The van der Waals surface area contributed by atoms with E-state index >= 15 is 0 Å². The lowest BCUT2D eigenvalue weighted by Gasteiger charge is -2.22. The summed E-state index contributed by atoms with van der Waals surface area (Å²) >= 11 is 0. The Balaban J connectivity index is 1.67. The number of carbonyl (C=O) groups excluding carboxylic acids is 1. The minimum atomic E-state index is -3.82. The molecule has 0 saturated carbocycles. The molecule has 7 nitrogen and oxygen atoms in total. The quantitative estimate of drug-likeness (QED) is 0.592. The third-order valence-electron chi connectivity index (χ3n) is 5.35. The van der Waals surface area contributed by atoms with Crippen molar-refractivity contribution in [3.8, 4) is 5.75 Å². The fourth-order valence-corrected chi connectivity index (χ4v) is 5.27. The highest BCUT2D eigenvalue weighted by molar-refractivity contribution is 7.92. The SMILES string of the molecule is COc1ccc(S(=O)(=O)N2CCc3ccccc32)cc1C(=O)N(C)Cc1ccncc1. The molecule has 0 N–H and O–H groups in total. The van der Waals surface area contributed by atoms with Crippen LogP contribution in [0.15, 0.2) is 71.9 Å². The second-order valence-corrected chi connectivity index (χ2v) is 9.20. The lowest BCUT2D eigenvalue weighted by atomic mass is 10.1. The number of hydrogen-bond donors (Lipinski definition) is 0. The summed E-state index contributed by atoms with van der Waals surface area (Å²) in [7, 11) is -0.694. The number of amides is 1. The van der Waals surface area contributed by atoms with Crippen molar-refractivity contribution in [3.05, 3.63) is 83.7 Å². The number of ether oxygens (including phenoxy) is 1. The Morgan fingerprint density at radius 3 is 2.61 bits per heavy atom. The standard InChI is InChI=1S/C23H23N3O4S/c1-25(16-17-9-12-24-13-10-17)23(27)20-15-19(7-8-22(20)30-2)31(28,29)26-14-11-18-5-3-4-6-21(18)26/h3-10,12-13,15H,11,14,16H2,1-2H3. The summed E-state index contributed by atoms with van der Waals surface area (Å²) in [6, 6.07) is 15.5. The number of carbonyl (C=O) groups is 1. The number of para-hydroxylation sites is 1. The number of pyridine rings is 1. The molecule has 2 heterocycles. The molecule has 0 bridgehead atoms. The van der Waals surface area contributed by atoms with Crippen molar-refractivity contribution < 1.29 is 17.9 Å². The van der Waals surface area contributed by atoms with Crippen molar-refractivity contribution >= 4 is 21.6 Å². The third-order valence-corrected chi connectivity index (χ3v) is 7.16. The minimum absolute atomic E-state index is 0.0608. The average molecular weight is 438 g/mol. The Bertz CT molecular complexity index is 1210. The Hall–Kier alpha value is -3.39. The summed E-state index contributed by atoms with van der Waals surface area (Å²) < 4.78 is 33.5. The number of anilines is 1. The number of nitrogens with zero attached hydrogens (tertiary/aromatic N) is 3. The van der Waals surface area contributed by atoms with Gasteiger partial charge in [0.05, 0.1) is 23.3 Å². The van der Waals surface area contributed by atoms with E-state index in [2.05, 4.69) is 4.98 Å². The number of aromatic nitrogens is 1. The lowest BCUT2D eigenvalue weighted by molar-refractivity contribution is 0.0781. The molecule has 3 aromatic rings. The monoisotopic (exact) mass is 437 g/mol. The molecule has 4 rings (SSSR count). The van der Waals surface area contributed by atoms with Gasteiger partial charge >= 0.3 is 0 Å². The molecule has 1 amide bonds. The van der Waals surface area contributed by atoms with Gasteiger partial charge in [0.25, 0.3) is 15.9 Å². The van der Waals surface area contributed by atoms with Gasteiger partial charge in [0, 0.05) is 32.5 Å². The first-order chi connectivity index (χ1) is 14.9. The van der Waals surface area contributed by atoms with Crippen molar-refractivity contribution in [2.75, 3.05) is 25.0 Å². The molecule has 1 aliphatic heterocycles. The molecular formula is C23H23N3O4S. The maximum absolute atomic E-state index is 13.4. The molecule has 31 heavy (non-hydrogen) atoms. The topological polar surface area (TPSA) is 79.8 Å². The van der Waals surface area contributed by atoms with E-state index in [-0.39, 0.29) is 16.4 Å². The van der Waals surface area contributed by atoms with Crippen LogP contribution in [0, 0.1) is 0 Å². The highest BCUT2D eigenvalue weighted by atomic mass is 32.2. The van der Waals surface area contributed by atoms with Gasteiger partial charge in [-0.25, -0.2) is 8.42 Å². The van der Waals surface area contributed by atoms with Crippen LogP contribution in [-0.2, 0) is 23.0 Å². The molecule has 0 radical (unpaired) electrons. The highest BCUT2D eigenvalue weighted by Gasteiger charge is 2.32. The van der Waals surface area contributed by atoms with Gasteiger partial charge in [-0.2, -0.15) is 0 Å². The fraction of sp³-hybridized carbons (Fsp3) is 0.217. The van der Waals surface area contributed by atoms with Gasteiger partial charge in [-0.05, 0) is 53.9 Å². The van der Waals surface area contributed by atoms with Gasteiger partial charge in [0.2, 0.25) is 0 Å². The van der Waals surface area contributed by atoms with Gasteiger partial charge in [-0.3, -0.25) is 14.1 Å². The predicted octanol–water partition coefficient (Wildman–Crippen LogP) is 3.11. The number of benzene rings is 2. The summed E-state index contributed by atoms with van der Waals surface area (Å²) in [5, 5.41) is 0. The summed E-state index contributed by atoms with van der Waals surface area (Å²) in [6.07, 6.45) is 3.98. The maximum Gasteiger partial charge on any atom is 0.264 e.